The van der Waals surface area contributed by atoms with Gasteiger partial charge in [0, 0.05) is 19.6 Å². The molecule has 0 saturated carbocycles. The molecule has 0 N–H and O–H groups in total. The standard InChI is InChI=1S/C18H24N4O3/c1-13-8-21(9-14(2)25-13)11-16-12-22(20-19-16)10-15-3-4-17-18(7-15)24-6-5-23-17/h3-4,7,12-14H,5-6,8-11H2,1-2H3/t13-,14+. The van der Waals surface area contributed by atoms with Gasteiger partial charge in [-0.3, -0.25) is 4.90 Å². The molecule has 0 amide bonds. The molecule has 4 rings (SSSR count). The van der Waals surface area contributed by atoms with Crippen molar-refractivity contribution in [2.45, 2.75) is 39.1 Å². The normalized spacial score (nSPS) is 23.6. The molecule has 2 aromatic rings. The quantitative estimate of drug-likeness (QED) is 0.841. The molecule has 1 aromatic heterocycles. The molecule has 0 aliphatic carbocycles. The molecule has 0 radical (unpaired) electrons. The molecule has 25 heavy (non-hydrogen) atoms. The predicted octanol–water partition coefficient (Wildman–Crippen LogP) is 1.71. The van der Waals surface area contributed by atoms with Crippen LogP contribution >= 0.6 is 0 Å². The Morgan fingerprint density at radius 2 is 1.80 bits per heavy atom. The third kappa shape index (κ3) is 3.93. The van der Waals surface area contributed by atoms with Crippen molar-refractivity contribution in [3.63, 3.8) is 0 Å². The van der Waals surface area contributed by atoms with Crippen LogP contribution in [0.3, 0.4) is 0 Å². The van der Waals surface area contributed by atoms with E-state index in [4.69, 9.17) is 14.2 Å². The Kier molecular flexibility index (Phi) is 4.59. The number of morpholine rings is 1. The van der Waals surface area contributed by atoms with Crippen LogP contribution in [0.25, 0.3) is 0 Å². The number of rotatable bonds is 4. The van der Waals surface area contributed by atoms with E-state index in [9.17, 15) is 0 Å². The third-order valence-corrected chi connectivity index (χ3v) is 4.42. The minimum Gasteiger partial charge on any atom is -0.486 e. The zero-order chi connectivity index (χ0) is 17.2. The summed E-state index contributed by atoms with van der Waals surface area (Å²) in [6.45, 7) is 8.76. The minimum absolute atomic E-state index is 0.261. The first kappa shape index (κ1) is 16.4. The van der Waals surface area contributed by atoms with Crippen molar-refractivity contribution >= 4 is 0 Å². The summed E-state index contributed by atoms with van der Waals surface area (Å²) in [6.07, 6.45) is 2.54. The molecule has 134 valence electrons. The number of hydrogen-bond acceptors (Lipinski definition) is 6. The second-order valence-electron chi connectivity index (χ2n) is 6.84. The van der Waals surface area contributed by atoms with Crippen molar-refractivity contribution in [3.8, 4) is 11.5 Å². The van der Waals surface area contributed by atoms with Gasteiger partial charge in [-0.05, 0) is 31.5 Å². The lowest BCUT2D eigenvalue weighted by molar-refractivity contribution is -0.0707. The van der Waals surface area contributed by atoms with Gasteiger partial charge in [0.1, 0.15) is 13.2 Å². The first-order valence-electron chi connectivity index (χ1n) is 8.81. The van der Waals surface area contributed by atoms with Crippen LogP contribution in [0.1, 0.15) is 25.1 Å². The predicted molar refractivity (Wildman–Crippen MR) is 91.8 cm³/mol. The van der Waals surface area contributed by atoms with Crippen LogP contribution in [0.4, 0.5) is 0 Å². The maximum atomic E-state index is 5.78. The van der Waals surface area contributed by atoms with Crippen molar-refractivity contribution in [2.75, 3.05) is 26.3 Å². The molecule has 0 bridgehead atoms. The Labute approximate surface area is 147 Å². The molecule has 2 aliphatic heterocycles. The molecule has 1 fully saturated rings. The van der Waals surface area contributed by atoms with E-state index >= 15 is 0 Å². The Morgan fingerprint density at radius 3 is 2.60 bits per heavy atom. The second kappa shape index (κ2) is 7.01. The molecule has 0 spiro atoms. The average Bonchev–Trinajstić information content (AvgIpc) is 3.00. The maximum Gasteiger partial charge on any atom is 0.161 e. The van der Waals surface area contributed by atoms with Gasteiger partial charge in [0.2, 0.25) is 0 Å². The zero-order valence-corrected chi connectivity index (χ0v) is 14.7. The lowest BCUT2D eigenvalue weighted by Gasteiger charge is -2.34. The van der Waals surface area contributed by atoms with Crippen LogP contribution in [0, 0.1) is 0 Å². The second-order valence-corrected chi connectivity index (χ2v) is 6.84. The smallest absolute Gasteiger partial charge is 0.161 e. The van der Waals surface area contributed by atoms with Crippen LogP contribution in [0.2, 0.25) is 0 Å². The van der Waals surface area contributed by atoms with E-state index in [1.165, 1.54) is 0 Å². The zero-order valence-electron chi connectivity index (χ0n) is 14.7. The van der Waals surface area contributed by atoms with Gasteiger partial charge in [0.15, 0.2) is 11.5 Å². The molecule has 0 unspecified atom stereocenters. The Morgan fingerprint density at radius 1 is 1.04 bits per heavy atom. The Bertz CT molecular complexity index is 723. The highest BCUT2D eigenvalue weighted by Crippen LogP contribution is 2.30. The van der Waals surface area contributed by atoms with Crippen molar-refractivity contribution in [1.82, 2.24) is 19.9 Å². The monoisotopic (exact) mass is 344 g/mol. The largest absolute Gasteiger partial charge is 0.486 e. The number of aromatic nitrogens is 3. The molecule has 7 nitrogen and oxygen atoms in total. The van der Waals surface area contributed by atoms with Crippen LogP contribution in [-0.2, 0) is 17.8 Å². The molecular formula is C18H24N4O3. The number of hydrogen-bond donors (Lipinski definition) is 0. The van der Waals surface area contributed by atoms with Gasteiger partial charge in [-0.1, -0.05) is 11.3 Å². The Hall–Kier alpha value is -2.12. The molecular weight excluding hydrogens is 320 g/mol. The summed E-state index contributed by atoms with van der Waals surface area (Å²) in [4.78, 5) is 2.37. The molecule has 1 saturated heterocycles. The minimum atomic E-state index is 0.261. The van der Waals surface area contributed by atoms with Gasteiger partial charge in [-0.15, -0.1) is 5.10 Å². The SMILES string of the molecule is C[C@@H]1CN(Cc2cn(Cc3ccc4c(c3)OCCO4)nn2)C[C@H](C)O1. The summed E-state index contributed by atoms with van der Waals surface area (Å²) >= 11 is 0. The summed E-state index contributed by atoms with van der Waals surface area (Å²) in [7, 11) is 0. The first-order chi connectivity index (χ1) is 12.2. The average molecular weight is 344 g/mol. The molecule has 3 heterocycles. The van der Waals surface area contributed by atoms with Gasteiger partial charge in [0.25, 0.3) is 0 Å². The topological polar surface area (TPSA) is 61.6 Å². The fourth-order valence-electron chi connectivity index (χ4n) is 3.50. The molecule has 7 heteroatoms. The summed E-state index contributed by atoms with van der Waals surface area (Å²) < 4.78 is 18.8. The van der Waals surface area contributed by atoms with Crippen LogP contribution in [0.5, 0.6) is 11.5 Å². The van der Waals surface area contributed by atoms with E-state index in [1.54, 1.807) is 0 Å². The van der Waals surface area contributed by atoms with E-state index in [2.05, 4.69) is 29.1 Å². The van der Waals surface area contributed by atoms with Crippen molar-refractivity contribution in [2.24, 2.45) is 0 Å². The van der Waals surface area contributed by atoms with Gasteiger partial charge >= 0.3 is 0 Å². The van der Waals surface area contributed by atoms with Gasteiger partial charge in [-0.25, -0.2) is 4.68 Å². The highest BCUT2D eigenvalue weighted by Gasteiger charge is 2.22. The lowest BCUT2D eigenvalue weighted by Crippen LogP contribution is -2.44. The molecule has 2 aliphatic rings. The summed E-state index contributed by atoms with van der Waals surface area (Å²) in [6, 6.07) is 6.01. The fourth-order valence-corrected chi connectivity index (χ4v) is 3.50. The van der Waals surface area contributed by atoms with Gasteiger partial charge in [0.05, 0.1) is 30.6 Å². The highest BCUT2D eigenvalue weighted by molar-refractivity contribution is 5.43. The number of nitrogens with zero attached hydrogens (tertiary/aromatic N) is 4. The van der Waals surface area contributed by atoms with Crippen LogP contribution < -0.4 is 9.47 Å². The fraction of sp³-hybridized carbons (Fsp3) is 0.556. The van der Waals surface area contributed by atoms with E-state index in [1.807, 2.05) is 29.1 Å². The van der Waals surface area contributed by atoms with E-state index in [0.29, 0.717) is 19.8 Å². The van der Waals surface area contributed by atoms with Gasteiger partial charge < -0.3 is 14.2 Å². The number of ether oxygens (including phenoxy) is 3. The highest BCUT2D eigenvalue weighted by atomic mass is 16.6. The molecule has 2 atom stereocenters. The summed E-state index contributed by atoms with van der Waals surface area (Å²) in [5.74, 6) is 1.62. The van der Waals surface area contributed by atoms with Crippen molar-refractivity contribution in [1.29, 1.82) is 0 Å². The summed E-state index contributed by atoms with van der Waals surface area (Å²) in [5.41, 5.74) is 2.10. The van der Waals surface area contributed by atoms with Gasteiger partial charge in [-0.2, -0.15) is 0 Å². The van der Waals surface area contributed by atoms with Crippen molar-refractivity contribution < 1.29 is 14.2 Å². The number of benzene rings is 1. The third-order valence-electron chi connectivity index (χ3n) is 4.42. The summed E-state index contributed by atoms with van der Waals surface area (Å²) in [5, 5.41) is 8.58. The van der Waals surface area contributed by atoms with E-state index in [0.717, 1.165) is 42.4 Å². The first-order valence-corrected chi connectivity index (χ1v) is 8.81. The lowest BCUT2D eigenvalue weighted by atomic mass is 10.2. The van der Waals surface area contributed by atoms with Crippen LogP contribution in [-0.4, -0.2) is 58.4 Å². The molecule has 1 aromatic carbocycles. The van der Waals surface area contributed by atoms with Crippen LogP contribution in [0.15, 0.2) is 24.4 Å². The number of fused-ring (bicyclic) bond motifs is 1. The van der Waals surface area contributed by atoms with E-state index in [-0.39, 0.29) is 12.2 Å². The maximum absolute atomic E-state index is 5.78. The Balaban J connectivity index is 1.40. The van der Waals surface area contributed by atoms with Crippen molar-refractivity contribution in [3.05, 3.63) is 35.7 Å². The van der Waals surface area contributed by atoms with E-state index < -0.39 is 0 Å².